The third-order valence-corrected chi connectivity index (χ3v) is 5.06. The van der Waals surface area contributed by atoms with Gasteiger partial charge in [-0.2, -0.15) is 20.0 Å². The van der Waals surface area contributed by atoms with Crippen LogP contribution in [-0.2, 0) is 0 Å². The number of nitrogens with zero attached hydrogens (tertiary/aromatic N) is 6. The SMILES string of the molecule is Cc1ccc(-n2nccn2)c(C(=O)N2CCC2c2nc(-c3ccccc3)no2)c1. The highest BCUT2D eigenvalue weighted by molar-refractivity contribution is 5.98. The highest BCUT2D eigenvalue weighted by Crippen LogP contribution is 2.35. The molecule has 2 aromatic heterocycles. The maximum Gasteiger partial charge on any atom is 0.256 e. The fourth-order valence-electron chi connectivity index (χ4n) is 3.45. The average molecular weight is 386 g/mol. The molecule has 4 aromatic rings. The van der Waals surface area contributed by atoms with E-state index in [9.17, 15) is 4.79 Å². The summed E-state index contributed by atoms with van der Waals surface area (Å²) in [7, 11) is 0. The Labute approximate surface area is 166 Å². The van der Waals surface area contributed by atoms with Crippen LogP contribution < -0.4 is 0 Å². The van der Waals surface area contributed by atoms with Crippen LogP contribution in [0, 0.1) is 6.92 Å². The van der Waals surface area contributed by atoms with E-state index in [4.69, 9.17) is 4.52 Å². The third-order valence-electron chi connectivity index (χ3n) is 5.06. The van der Waals surface area contributed by atoms with Crippen molar-refractivity contribution < 1.29 is 9.32 Å². The number of likely N-dealkylation sites (tertiary alicyclic amines) is 1. The first kappa shape index (κ1) is 17.3. The van der Waals surface area contributed by atoms with Crippen molar-refractivity contribution in [3.05, 3.63) is 77.9 Å². The van der Waals surface area contributed by atoms with Crippen LogP contribution >= 0.6 is 0 Å². The largest absolute Gasteiger partial charge is 0.337 e. The van der Waals surface area contributed by atoms with E-state index in [1.165, 1.54) is 4.80 Å². The first-order chi connectivity index (χ1) is 14.2. The normalized spacial score (nSPS) is 15.9. The predicted octanol–water partition coefficient (Wildman–Crippen LogP) is 3.21. The summed E-state index contributed by atoms with van der Waals surface area (Å²) in [6.45, 7) is 2.58. The molecule has 5 rings (SSSR count). The van der Waals surface area contributed by atoms with Crippen LogP contribution in [0.25, 0.3) is 17.1 Å². The van der Waals surface area contributed by atoms with E-state index in [2.05, 4.69) is 20.3 Å². The Bertz CT molecular complexity index is 1150. The van der Waals surface area contributed by atoms with Crippen molar-refractivity contribution in [1.29, 1.82) is 0 Å². The van der Waals surface area contributed by atoms with Gasteiger partial charge in [-0.15, -0.1) is 0 Å². The van der Waals surface area contributed by atoms with E-state index in [1.54, 1.807) is 17.3 Å². The number of aromatic nitrogens is 5. The van der Waals surface area contributed by atoms with Crippen LogP contribution in [0.15, 0.2) is 65.4 Å². The first-order valence-electron chi connectivity index (χ1n) is 9.38. The zero-order chi connectivity index (χ0) is 19.8. The van der Waals surface area contributed by atoms with Crippen LogP contribution in [0.5, 0.6) is 0 Å². The first-order valence-corrected chi connectivity index (χ1v) is 9.38. The molecule has 1 saturated heterocycles. The Morgan fingerprint density at radius 2 is 1.90 bits per heavy atom. The topological polar surface area (TPSA) is 89.9 Å². The molecule has 144 valence electrons. The van der Waals surface area contributed by atoms with Crippen molar-refractivity contribution in [3.63, 3.8) is 0 Å². The lowest BCUT2D eigenvalue weighted by Crippen LogP contribution is -2.45. The molecule has 0 spiro atoms. The maximum atomic E-state index is 13.3. The Kier molecular flexibility index (Phi) is 4.16. The van der Waals surface area contributed by atoms with Crippen LogP contribution in [0.4, 0.5) is 0 Å². The van der Waals surface area contributed by atoms with Crippen LogP contribution in [0.1, 0.15) is 34.3 Å². The van der Waals surface area contributed by atoms with Crippen LogP contribution in [-0.4, -0.2) is 42.5 Å². The number of aryl methyl sites for hydroxylation is 1. The van der Waals surface area contributed by atoms with Gasteiger partial charge in [-0.1, -0.05) is 47.1 Å². The standard InChI is InChI=1S/C21H18N6O2/c1-14-7-8-17(27-22-10-11-23-27)16(13-14)21(28)26-12-9-18(26)20-24-19(25-29-20)15-5-3-2-4-6-15/h2-8,10-11,13,18H,9,12H2,1H3. The minimum atomic E-state index is -0.230. The Morgan fingerprint density at radius 3 is 2.62 bits per heavy atom. The summed E-state index contributed by atoms with van der Waals surface area (Å²) in [5, 5.41) is 12.4. The molecule has 29 heavy (non-hydrogen) atoms. The van der Waals surface area contributed by atoms with Gasteiger partial charge in [-0.25, -0.2) is 0 Å². The van der Waals surface area contributed by atoms with Gasteiger partial charge in [0, 0.05) is 12.1 Å². The second kappa shape index (κ2) is 6.97. The molecule has 1 amide bonds. The van der Waals surface area contributed by atoms with Gasteiger partial charge in [0.05, 0.1) is 23.6 Å². The molecule has 3 heterocycles. The number of carbonyl (C=O) groups excluding carboxylic acids is 1. The molecule has 2 aromatic carbocycles. The van der Waals surface area contributed by atoms with Crippen molar-refractivity contribution in [2.75, 3.05) is 6.54 Å². The van der Waals surface area contributed by atoms with E-state index < -0.39 is 0 Å². The molecular weight excluding hydrogens is 368 g/mol. The summed E-state index contributed by atoms with van der Waals surface area (Å²) in [5.41, 5.74) is 3.07. The molecule has 1 unspecified atom stereocenters. The predicted molar refractivity (Wildman–Crippen MR) is 104 cm³/mol. The summed E-state index contributed by atoms with van der Waals surface area (Å²) in [6.07, 6.45) is 3.96. The molecule has 1 aliphatic heterocycles. The lowest BCUT2D eigenvalue weighted by molar-refractivity contribution is 0.0378. The highest BCUT2D eigenvalue weighted by Gasteiger charge is 2.38. The monoisotopic (exact) mass is 386 g/mol. The van der Waals surface area contributed by atoms with E-state index in [0.29, 0.717) is 29.5 Å². The van der Waals surface area contributed by atoms with Gasteiger partial charge < -0.3 is 9.42 Å². The minimum absolute atomic E-state index is 0.100. The van der Waals surface area contributed by atoms with E-state index in [1.807, 2.05) is 55.5 Å². The number of carbonyl (C=O) groups is 1. The molecule has 0 aliphatic carbocycles. The molecule has 1 atom stereocenters. The van der Waals surface area contributed by atoms with Gasteiger partial charge in [-0.3, -0.25) is 4.79 Å². The quantitative estimate of drug-likeness (QED) is 0.535. The molecule has 1 aliphatic rings. The fraction of sp³-hybridized carbons (Fsp3) is 0.190. The Morgan fingerprint density at radius 1 is 1.10 bits per heavy atom. The molecule has 0 N–H and O–H groups in total. The summed E-state index contributed by atoms with van der Waals surface area (Å²) in [5.74, 6) is 0.878. The van der Waals surface area contributed by atoms with Gasteiger partial charge in [0.2, 0.25) is 11.7 Å². The van der Waals surface area contributed by atoms with Crippen LogP contribution in [0.2, 0.25) is 0 Å². The molecule has 0 radical (unpaired) electrons. The van der Waals surface area contributed by atoms with E-state index in [0.717, 1.165) is 17.5 Å². The molecule has 0 saturated carbocycles. The van der Waals surface area contributed by atoms with Gasteiger partial charge >= 0.3 is 0 Å². The fourth-order valence-corrected chi connectivity index (χ4v) is 3.45. The zero-order valence-electron chi connectivity index (χ0n) is 15.8. The molecular formula is C21H18N6O2. The van der Waals surface area contributed by atoms with Crippen molar-refractivity contribution in [1.82, 2.24) is 30.0 Å². The third kappa shape index (κ3) is 3.08. The van der Waals surface area contributed by atoms with Gasteiger partial charge in [-0.05, 0) is 25.5 Å². The summed E-state index contributed by atoms with van der Waals surface area (Å²) in [6, 6.07) is 15.1. The zero-order valence-corrected chi connectivity index (χ0v) is 15.8. The lowest BCUT2D eigenvalue weighted by atomic mass is 9.99. The number of hydrogen-bond acceptors (Lipinski definition) is 6. The molecule has 8 nitrogen and oxygen atoms in total. The van der Waals surface area contributed by atoms with Crippen molar-refractivity contribution >= 4 is 5.91 Å². The molecule has 1 fully saturated rings. The number of rotatable bonds is 4. The Hall–Kier alpha value is -3.81. The van der Waals surface area contributed by atoms with Gasteiger partial charge in [0.1, 0.15) is 6.04 Å². The van der Waals surface area contributed by atoms with E-state index in [-0.39, 0.29) is 11.9 Å². The molecule has 0 bridgehead atoms. The van der Waals surface area contributed by atoms with Crippen molar-refractivity contribution in [3.8, 4) is 17.1 Å². The Balaban J connectivity index is 1.44. The van der Waals surface area contributed by atoms with Gasteiger partial charge in [0.25, 0.3) is 5.91 Å². The molecule has 8 heteroatoms. The smallest absolute Gasteiger partial charge is 0.256 e. The number of hydrogen-bond donors (Lipinski definition) is 0. The maximum absolute atomic E-state index is 13.3. The lowest BCUT2D eigenvalue weighted by Gasteiger charge is -2.38. The number of benzene rings is 2. The minimum Gasteiger partial charge on any atom is -0.337 e. The summed E-state index contributed by atoms with van der Waals surface area (Å²) >= 11 is 0. The highest BCUT2D eigenvalue weighted by atomic mass is 16.5. The van der Waals surface area contributed by atoms with Crippen molar-refractivity contribution in [2.24, 2.45) is 0 Å². The second-order valence-corrected chi connectivity index (χ2v) is 6.96. The summed E-state index contributed by atoms with van der Waals surface area (Å²) < 4.78 is 5.48. The van der Waals surface area contributed by atoms with Crippen molar-refractivity contribution in [2.45, 2.75) is 19.4 Å². The summed E-state index contributed by atoms with van der Waals surface area (Å²) in [4.78, 5) is 21.1. The van der Waals surface area contributed by atoms with Crippen LogP contribution in [0.3, 0.4) is 0 Å². The number of amides is 1. The average Bonchev–Trinajstić information content (AvgIpc) is 3.40. The van der Waals surface area contributed by atoms with E-state index >= 15 is 0 Å². The second-order valence-electron chi connectivity index (χ2n) is 6.96. The van der Waals surface area contributed by atoms with Gasteiger partial charge in [0.15, 0.2) is 0 Å².